The number of benzene rings is 2. The second-order valence-electron chi connectivity index (χ2n) is 9.36. The Morgan fingerprint density at radius 2 is 1.61 bits per heavy atom. The minimum absolute atomic E-state index is 0.278. The summed E-state index contributed by atoms with van der Waals surface area (Å²) < 4.78 is 60.4. The van der Waals surface area contributed by atoms with Crippen molar-refractivity contribution < 1.29 is 27.1 Å². The molecule has 1 aliphatic rings. The molecule has 0 bridgehead atoms. The molecule has 180 valence electrons. The van der Waals surface area contributed by atoms with Gasteiger partial charge in [-0.05, 0) is 66.8 Å². The highest BCUT2D eigenvalue weighted by Crippen LogP contribution is 2.37. The van der Waals surface area contributed by atoms with Gasteiger partial charge in [-0.3, -0.25) is 0 Å². The highest BCUT2D eigenvalue weighted by molar-refractivity contribution is 5.91. The average Bonchev–Trinajstić information content (AvgIpc) is 2.76. The van der Waals surface area contributed by atoms with Gasteiger partial charge in [-0.15, -0.1) is 0 Å². The Kier molecular flexibility index (Phi) is 8.93. The lowest BCUT2D eigenvalue weighted by molar-refractivity contribution is 0.0724. The van der Waals surface area contributed by atoms with E-state index in [-0.39, 0.29) is 11.7 Å². The maximum atomic E-state index is 14.6. The van der Waals surface area contributed by atoms with Crippen LogP contribution in [0.1, 0.15) is 81.1 Å². The first-order valence-electron chi connectivity index (χ1n) is 11.9. The minimum atomic E-state index is -1.29. The summed E-state index contributed by atoms with van der Waals surface area (Å²) in [6.07, 6.45) is 10.4. The lowest BCUT2D eigenvalue weighted by atomic mass is 9.73. The second kappa shape index (κ2) is 11.7. The van der Waals surface area contributed by atoms with E-state index in [1.807, 2.05) is 0 Å². The summed E-state index contributed by atoms with van der Waals surface area (Å²) in [7, 11) is 0. The van der Waals surface area contributed by atoms with Crippen molar-refractivity contribution in [2.45, 2.75) is 71.6 Å². The Bertz CT molecular complexity index is 928. The van der Waals surface area contributed by atoms with Crippen molar-refractivity contribution in [2.75, 3.05) is 0 Å². The van der Waals surface area contributed by atoms with E-state index in [1.165, 1.54) is 38.5 Å². The third kappa shape index (κ3) is 6.81. The van der Waals surface area contributed by atoms with Gasteiger partial charge in [-0.1, -0.05) is 52.4 Å². The second-order valence-corrected chi connectivity index (χ2v) is 9.36. The fourth-order valence-electron chi connectivity index (χ4n) is 4.90. The van der Waals surface area contributed by atoms with Crippen molar-refractivity contribution >= 4 is 5.97 Å². The van der Waals surface area contributed by atoms with Gasteiger partial charge in [0.05, 0.1) is 0 Å². The van der Waals surface area contributed by atoms with E-state index in [9.17, 15) is 22.4 Å². The molecule has 0 heterocycles. The maximum Gasteiger partial charge on any atom is 0.349 e. The van der Waals surface area contributed by atoms with E-state index in [2.05, 4.69) is 13.8 Å². The first-order chi connectivity index (χ1) is 15.8. The molecule has 0 spiro atoms. The number of rotatable bonds is 9. The first kappa shape index (κ1) is 25.3. The highest BCUT2D eigenvalue weighted by Gasteiger charge is 2.27. The monoisotopic (exact) mass is 464 g/mol. The standard InChI is InChI=1S/C27H32F4O2/c1-3-4-5-6-18-7-9-20(10-8-18)17(2)13-19-14-24(30)26(25(31)15-19)27(32)33-21-11-12-22(28)23(29)16-21/h11-12,14-18,20H,3-10,13H2,1-2H3. The molecule has 3 rings (SSSR count). The van der Waals surface area contributed by atoms with Gasteiger partial charge in [-0.2, -0.15) is 0 Å². The lowest BCUT2D eigenvalue weighted by Crippen LogP contribution is -2.22. The zero-order valence-electron chi connectivity index (χ0n) is 19.3. The van der Waals surface area contributed by atoms with Crippen molar-refractivity contribution in [3.8, 4) is 5.75 Å². The summed E-state index contributed by atoms with van der Waals surface area (Å²) >= 11 is 0. The molecule has 0 N–H and O–H groups in total. The lowest BCUT2D eigenvalue weighted by Gasteiger charge is -2.32. The molecule has 1 saturated carbocycles. The third-order valence-electron chi connectivity index (χ3n) is 6.88. The number of unbranched alkanes of at least 4 members (excludes halogenated alkanes) is 2. The Balaban J connectivity index is 1.59. The smallest absolute Gasteiger partial charge is 0.349 e. The predicted molar refractivity (Wildman–Crippen MR) is 120 cm³/mol. The maximum absolute atomic E-state index is 14.6. The molecule has 0 radical (unpaired) electrons. The largest absolute Gasteiger partial charge is 0.423 e. The summed E-state index contributed by atoms with van der Waals surface area (Å²) in [6, 6.07) is 4.77. The van der Waals surface area contributed by atoms with Gasteiger partial charge >= 0.3 is 5.97 Å². The molecule has 0 saturated heterocycles. The van der Waals surface area contributed by atoms with E-state index in [0.717, 1.165) is 43.0 Å². The van der Waals surface area contributed by atoms with Gasteiger partial charge < -0.3 is 4.74 Å². The number of esters is 1. The molecule has 2 aromatic carbocycles. The van der Waals surface area contributed by atoms with Gasteiger partial charge in [0.1, 0.15) is 22.9 Å². The fraction of sp³-hybridized carbons (Fsp3) is 0.519. The van der Waals surface area contributed by atoms with E-state index in [0.29, 0.717) is 24.0 Å². The predicted octanol–water partition coefficient (Wildman–Crippen LogP) is 8.03. The molecule has 1 aliphatic carbocycles. The SMILES string of the molecule is CCCCCC1CCC(C(C)Cc2cc(F)c(C(=O)Oc3ccc(F)c(F)c3)c(F)c2)CC1. The van der Waals surface area contributed by atoms with Crippen LogP contribution in [0.2, 0.25) is 0 Å². The average molecular weight is 465 g/mol. The van der Waals surface area contributed by atoms with E-state index in [4.69, 9.17) is 4.74 Å². The Morgan fingerprint density at radius 3 is 2.21 bits per heavy atom. The Labute approximate surface area is 193 Å². The third-order valence-corrected chi connectivity index (χ3v) is 6.88. The van der Waals surface area contributed by atoms with Gasteiger partial charge in [-0.25, -0.2) is 22.4 Å². The molecular formula is C27H32F4O2. The quantitative estimate of drug-likeness (QED) is 0.162. The van der Waals surface area contributed by atoms with Crippen LogP contribution in [0.15, 0.2) is 30.3 Å². The number of carbonyl (C=O) groups excluding carboxylic acids is 1. The summed E-state index contributed by atoms with van der Waals surface area (Å²) in [4.78, 5) is 12.2. The first-order valence-corrected chi connectivity index (χ1v) is 11.9. The molecule has 1 unspecified atom stereocenters. The summed E-state index contributed by atoms with van der Waals surface area (Å²) in [6.45, 7) is 4.33. The summed E-state index contributed by atoms with van der Waals surface area (Å²) in [5.41, 5.74) is -0.351. The van der Waals surface area contributed by atoms with Crippen molar-refractivity contribution in [3.05, 3.63) is 64.7 Å². The number of halogens is 4. The number of ether oxygens (including phenoxy) is 1. The molecule has 0 aliphatic heterocycles. The van der Waals surface area contributed by atoms with Gasteiger partial charge in [0.15, 0.2) is 11.6 Å². The van der Waals surface area contributed by atoms with E-state index in [1.54, 1.807) is 0 Å². The fourth-order valence-corrected chi connectivity index (χ4v) is 4.90. The van der Waals surface area contributed by atoms with Gasteiger partial charge in [0.2, 0.25) is 0 Å². The summed E-state index contributed by atoms with van der Waals surface area (Å²) in [5.74, 6) is -4.41. The zero-order chi connectivity index (χ0) is 24.0. The Hall–Kier alpha value is -2.37. The number of hydrogen-bond acceptors (Lipinski definition) is 2. The normalized spacial score (nSPS) is 19.3. The van der Waals surface area contributed by atoms with Crippen molar-refractivity contribution in [3.63, 3.8) is 0 Å². The van der Waals surface area contributed by atoms with Crippen LogP contribution in [-0.2, 0) is 6.42 Å². The minimum Gasteiger partial charge on any atom is -0.423 e. The van der Waals surface area contributed by atoms with Crippen LogP contribution < -0.4 is 4.74 Å². The highest BCUT2D eigenvalue weighted by atomic mass is 19.2. The van der Waals surface area contributed by atoms with Crippen LogP contribution in [0, 0.1) is 41.0 Å². The molecule has 2 nitrogen and oxygen atoms in total. The Morgan fingerprint density at radius 1 is 0.939 bits per heavy atom. The van der Waals surface area contributed by atoms with Crippen molar-refractivity contribution in [1.82, 2.24) is 0 Å². The molecule has 1 fully saturated rings. The van der Waals surface area contributed by atoms with Crippen LogP contribution in [-0.4, -0.2) is 5.97 Å². The topological polar surface area (TPSA) is 26.3 Å². The number of hydrogen-bond donors (Lipinski definition) is 0. The van der Waals surface area contributed by atoms with Gasteiger partial charge in [0.25, 0.3) is 0 Å². The van der Waals surface area contributed by atoms with Crippen LogP contribution in [0.25, 0.3) is 0 Å². The van der Waals surface area contributed by atoms with E-state index >= 15 is 0 Å². The van der Waals surface area contributed by atoms with Crippen molar-refractivity contribution in [2.24, 2.45) is 17.8 Å². The van der Waals surface area contributed by atoms with Crippen molar-refractivity contribution in [1.29, 1.82) is 0 Å². The molecule has 0 aromatic heterocycles. The van der Waals surface area contributed by atoms with Crippen LogP contribution in [0.3, 0.4) is 0 Å². The molecule has 6 heteroatoms. The zero-order valence-corrected chi connectivity index (χ0v) is 19.3. The van der Waals surface area contributed by atoms with Gasteiger partial charge in [0, 0.05) is 6.07 Å². The molecule has 1 atom stereocenters. The molecular weight excluding hydrogens is 432 g/mol. The van der Waals surface area contributed by atoms with E-state index < -0.39 is 34.8 Å². The molecule has 2 aromatic rings. The number of carbonyl (C=O) groups is 1. The summed E-state index contributed by atoms with van der Waals surface area (Å²) in [5, 5.41) is 0. The van der Waals surface area contributed by atoms with Crippen LogP contribution in [0.5, 0.6) is 5.75 Å². The van der Waals surface area contributed by atoms with Crippen LogP contribution in [0.4, 0.5) is 17.6 Å². The molecule has 33 heavy (non-hydrogen) atoms. The molecule has 0 amide bonds. The van der Waals surface area contributed by atoms with Crippen LogP contribution >= 0.6 is 0 Å².